The largest absolute Gasteiger partial charge is 0.500 e. The normalized spacial score (nSPS) is 19.3. The Morgan fingerprint density at radius 1 is 1.33 bits per heavy atom. The molecule has 1 atom stereocenters. The number of likely N-dealkylation sites (tertiary alicyclic amines) is 1. The molecule has 1 heterocycles. The van der Waals surface area contributed by atoms with Gasteiger partial charge in [0.25, 0.3) is 0 Å². The van der Waals surface area contributed by atoms with Gasteiger partial charge < -0.3 is 18.2 Å². The van der Waals surface area contributed by atoms with E-state index in [-0.39, 0.29) is 16.9 Å². The molecule has 21 heavy (non-hydrogen) atoms. The molecule has 8 heteroatoms. The van der Waals surface area contributed by atoms with Gasteiger partial charge in [-0.25, -0.2) is 0 Å². The van der Waals surface area contributed by atoms with Crippen LogP contribution in [0.3, 0.4) is 0 Å². The van der Waals surface area contributed by atoms with Gasteiger partial charge in [-0.3, -0.25) is 9.59 Å². The van der Waals surface area contributed by atoms with Crippen molar-refractivity contribution >= 4 is 31.6 Å². The van der Waals surface area contributed by atoms with Gasteiger partial charge in [-0.15, -0.1) is 0 Å². The molecule has 0 saturated carbocycles. The minimum atomic E-state index is -2.55. The van der Waals surface area contributed by atoms with E-state index in [1.54, 1.807) is 28.3 Å². The van der Waals surface area contributed by atoms with E-state index in [9.17, 15) is 9.59 Å². The van der Waals surface area contributed by atoms with E-state index in [0.717, 1.165) is 18.7 Å². The molecular weight excluding hydrogens is 310 g/mol. The molecule has 1 aliphatic rings. The molecule has 1 amide bonds. The summed E-state index contributed by atoms with van der Waals surface area (Å²) in [6.45, 7) is 2.98. The third-order valence-corrected chi connectivity index (χ3v) is 7.54. The molecule has 0 aromatic carbocycles. The average Bonchev–Trinajstić information content (AvgIpc) is 2.82. The zero-order valence-electron chi connectivity index (χ0n) is 13.2. The highest BCUT2D eigenvalue weighted by atomic mass is 32.2. The van der Waals surface area contributed by atoms with Crippen molar-refractivity contribution in [3.8, 4) is 0 Å². The maximum absolute atomic E-state index is 11.9. The van der Waals surface area contributed by atoms with Crippen molar-refractivity contribution in [2.75, 3.05) is 40.2 Å². The fourth-order valence-corrected chi connectivity index (χ4v) is 4.86. The Bertz CT molecular complexity index is 356. The first-order valence-electron chi connectivity index (χ1n) is 7.03. The van der Waals surface area contributed by atoms with Crippen LogP contribution in [0.1, 0.15) is 19.8 Å². The third-order valence-electron chi connectivity index (χ3n) is 3.66. The Morgan fingerprint density at radius 3 is 2.48 bits per heavy atom. The van der Waals surface area contributed by atoms with Crippen LogP contribution in [0.4, 0.5) is 0 Å². The SMILES string of the molecule is CO[Si](CCCN1CC(CSC(C)=O)CC1=O)(OC)OC. The lowest BCUT2D eigenvalue weighted by atomic mass is 10.1. The van der Waals surface area contributed by atoms with Crippen molar-refractivity contribution in [1.29, 1.82) is 0 Å². The van der Waals surface area contributed by atoms with E-state index >= 15 is 0 Å². The van der Waals surface area contributed by atoms with Crippen molar-refractivity contribution in [3.63, 3.8) is 0 Å². The summed E-state index contributed by atoms with van der Waals surface area (Å²) in [5.74, 6) is 1.18. The molecule has 0 radical (unpaired) electrons. The molecule has 0 N–H and O–H groups in total. The molecule has 0 aromatic rings. The van der Waals surface area contributed by atoms with Crippen molar-refractivity contribution in [2.45, 2.75) is 25.8 Å². The molecule has 6 nitrogen and oxygen atoms in total. The van der Waals surface area contributed by atoms with Gasteiger partial charge in [0.1, 0.15) is 0 Å². The maximum atomic E-state index is 11.9. The maximum Gasteiger partial charge on any atom is 0.500 e. The summed E-state index contributed by atoms with van der Waals surface area (Å²) in [6.07, 6.45) is 1.34. The molecule has 0 aliphatic carbocycles. The molecule has 1 aliphatic heterocycles. The monoisotopic (exact) mass is 335 g/mol. The summed E-state index contributed by atoms with van der Waals surface area (Å²) >= 11 is 1.30. The van der Waals surface area contributed by atoms with Gasteiger partial charge in [0.2, 0.25) is 5.91 Å². The van der Waals surface area contributed by atoms with E-state index in [2.05, 4.69) is 0 Å². The summed E-state index contributed by atoms with van der Waals surface area (Å²) in [7, 11) is 2.23. The summed E-state index contributed by atoms with van der Waals surface area (Å²) in [5, 5.41) is 0.108. The number of thioether (sulfide) groups is 1. The second-order valence-corrected chi connectivity index (χ2v) is 9.40. The smallest absolute Gasteiger partial charge is 0.377 e. The number of carbonyl (C=O) groups is 2. The fraction of sp³-hybridized carbons (Fsp3) is 0.846. The average molecular weight is 335 g/mol. The first-order chi connectivity index (χ1) is 9.96. The van der Waals surface area contributed by atoms with Crippen molar-refractivity contribution in [1.82, 2.24) is 4.90 Å². The van der Waals surface area contributed by atoms with Crippen LogP contribution in [0, 0.1) is 5.92 Å². The standard InChI is InChI=1S/C13H25NO5SSi/c1-11(15)20-10-12-8-13(16)14(9-12)6-5-7-21(17-2,18-3)19-4/h12H,5-10H2,1-4H3. The lowest BCUT2D eigenvalue weighted by Gasteiger charge is -2.25. The van der Waals surface area contributed by atoms with Gasteiger partial charge in [0.15, 0.2) is 5.12 Å². The number of hydrogen-bond acceptors (Lipinski definition) is 6. The highest BCUT2D eigenvalue weighted by Gasteiger charge is 2.38. The van der Waals surface area contributed by atoms with Gasteiger partial charge in [0.05, 0.1) is 0 Å². The van der Waals surface area contributed by atoms with Crippen LogP contribution >= 0.6 is 11.8 Å². The second kappa shape index (κ2) is 8.89. The van der Waals surface area contributed by atoms with E-state index in [0.29, 0.717) is 19.0 Å². The quantitative estimate of drug-likeness (QED) is 0.593. The molecule has 1 unspecified atom stereocenters. The predicted octanol–water partition coefficient (Wildman–Crippen LogP) is 1.38. The van der Waals surface area contributed by atoms with Gasteiger partial charge >= 0.3 is 8.80 Å². The molecule has 1 rings (SSSR count). The Balaban J connectivity index is 2.35. The number of rotatable bonds is 9. The van der Waals surface area contributed by atoms with E-state index in [4.69, 9.17) is 13.3 Å². The number of amides is 1. The van der Waals surface area contributed by atoms with Crippen LogP contribution in [-0.2, 0) is 22.9 Å². The second-order valence-electron chi connectivity index (χ2n) is 5.11. The van der Waals surface area contributed by atoms with E-state index < -0.39 is 8.80 Å². The Labute approximate surface area is 131 Å². The molecule has 0 spiro atoms. The molecule has 0 bridgehead atoms. The van der Waals surface area contributed by atoms with Crippen molar-refractivity contribution in [3.05, 3.63) is 0 Å². The summed E-state index contributed by atoms with van der Waals surface area (Å²) in [4.78, 5) is 24.8. The topological polar surface area (TPSA) is 65.1 Å². The van der Waals surface area contributed by atoms with Gasteiger partial charge in [-0.05, 0) is 12.3 Å². The summed E-state index contributed by atoms with van der Waals surface area (Å²) in [6, 6.07) is 0.688. The number of nitrogens with zero attached hydrogens (tertiary/aromatic N) is 1. The first-order valence-corrected chi connectivity index (χ1v) is 9.94. The Morgan fingerprint density at radius 2 is 1.95 bits per heavy atom. The number of carbonyl (C=O) groups excluding carboxylic acids is 2. The Hall–Kier alpha value is -0.413. The molecular formula is C13H25NO5SSi. The summed E-state index contributed by atoms with van der Waals surface area (Å²) < 4.78 is 16.1. The Kier molecular flexibility index (Phi) is 7.89. The van der Waals surface area contributed by atoms with Crippen LogP contribution in [-0.4, -0.2) is 64.9 Å². The first kappa shape index (κ1) is 18.6. The van der Waals surface area contributed by atoms with Crippen LogP contribution < -0.4 is 0 Å². The predicted molar refractivity (Wildman–Crippen MR) is 84.0 cm³/mol. The fourth-order valence-electron chi connectivity index (χ4n) is 2.46. The third kappa shape index (κ3) is 5.71. The minimum absolute atomic E-state index is 0.108. The molecule has 1 fully saturated rings. The number of hydrogen-bond donors (Lipinski definition) is 0. The van der Waals surface area contributed by atoms with Gasteiger partial charge in [-0.2, -0.15) is 0 Å². The molecule has 0 aromatic heterocycles. The van der Waals surface area contributed by atoms with Crippen LogP contribution in [0.2, 0.25) is 6.04 Å². The van der Waals surface area contributed by atoms with Crippen LogP contribution in [0.5, 0.6) is 0 Å². The van der Waals surface area contributed by atoms with Crippen molar-refractivity contribution in [2.24, 2.45) is 5.92 Å². The highest BCUT2D eigenvalue weighted by Crippen LogP contribution is 2.23. The minimum Gasteiger partial charge on any atom is -0.377 e. The summed E-state index contributed by atoms with van der Waals surface area (Å²) in [5.41, 5.74) is 0. The molecule has 122 valence electrons. The zero-order chi connectivity index (χ0) is 15.9. The van der Waals surface area contributed by atoms with E-state index in [1.165, 1.54) is 11.8 Å². The lowest BCUT2D eigenvalue weighted by Crippen LogP contribution is -2.43. The zero-order valence-corrected chi connectivity index (χ0v) is 15.0. The van der Waals surface area contributed by atoms with Crippen LogP contribution in [0.25, 0.3) is 0 Å². The van der Waals surface area contributed by atoms with Crippen molar-refractivity contribution < 1.29 is 22.9 Å². The van der Waals surface area contributed by atoms with Crippen LogP contribution in [0.15, 0.2) is 0 Å². The lowest BCUT2D eigenvalue weighted by molar-refractivity contribution is -0.127. The van der Waals surface area contributed by atoms with Gasteiger partial charge in [-0.1, -0.05) is 11.8 Å². The molecule has 1 saturated heterocycles. The highest BCUT2D eigenvalue weighted by molar-refractivity contribution is 8.13. The van der Waals surface area contributed by atoms with Gasteiger partial charge in [0, 0.05) is 59.6 Å². The van der Waals surface area contributed by atoms with E-state index in [1.807, 2.05) is 4.90 Å².